The molecule has 2 heterocycles. The summed E-state index contributed by atoms with van der Waals surface area (Å²) in [4.78, 5) is 18.2. The number of hydrogen-bond donors (Lipinski definition) is 2. The Kier molecular flexibility index (Phi) is 11.5. The molecule has 0 aromatic carbocycles. The van der Waals surface area contributed by atoms with Crippen LogP contribution < -0.4 is 10.6 Å². The number of nitrogens with zero attached hydrogens (tertiary/aromatic N) is 2. The second-order valence-corrected chi connectivity index (χ2v) is 7.13. The van der Waals surface area contributed by atoms with Gasteiger partial charge in [0.2, 0.25) is 5.91 Å². The SMILES string of the molecule is CN=C(NCCCOCC1CCCO1)NC1CCN(C(=O)C(C)C)C1.I. The molecule has 26 heavy (non-hydrogen) atoms. The molecule has 2 N–H and O–H groups in total. The van der Waals surface area contributed by atoms with E-state index >= 15 is 0 Å². The van der Waals surface area contributed by atoms with E-state index in [1.54, 1.807) is 7.05 Å². The minimum atomic E-state index is 0. The van der Waals surface area contributed by atoms with E-state index in [1.807, 2.05) is 18.7 Å². The van der Waals surface area contributed by atoms with Crippen LogP contribution in [0.3, 0.4) is 0 Å². The molecule has 2 aliphatic rings. The van der Waals surface area contributed by atoms with Gasteiger partial charge < -0.3 is 25.0 Å². The molecule has 0 aliphatic carbocycles. The molecule has 0 radical (unpaired) electrons. The van der Waals surface area contributed by atoms with E-state index in [1.165, 1.54) is 0 Å². The second kappa shape index (κ2) is 12.7. The van der Waals surface area contributed by atoms with Crippen molar-refractivity contribution >= 4 is 35.8 Å². The maximum Gasteiger partial charge on any atom is 0.225 e. The first kappa shape index (κ1) is 23.4. The third-order valence-electron chi connectivity index (χ3n) is 4.64. The van der Waals surface area contributed by atoms with E-state index in [-0.39, 0.29) is 41.8 Å². The molecule has 1 amide bonds. The van der Waals surface area contributed by atoms with Gasteiger partial charge in [0.1, 0.15) is 0 Å². The molecule has 2 fully saturated rings. The second-order valence-electron chi connectivity index (χ2n) is 7.13. The summed E-state index contributed by atoms with van der Waals surface area (Å²) in [6, 6.07) is 0.268. The summed E-state index contributed by atoms with van der Waals surface area (Å²) in [6.07, 6.45) is 4.45. The van der Waals surface area contributed by atoms with Crippen LogP contribution in [-0.2, 0) is 14.3 Å². The van der Waals surface area contributed by atoms with Gasteiger partial charge in [-0.25, -0.2) is 0 Å². The zero-order valence-corrected chi connectivity index (χ0v) is 18.7. The number of guanidine groups is 1. The summed E-state index contributed by atoms with van der Waals surface area (Å²) in [7, 11) is 1.77. The molecule has 0 aromatic rings. The number of amides is 1. The lowest BCUT2D eigenvalue weighted by atomic mass is 10.2. The first-order valence-corrected chi connectivity index (χ1v) is 9.55. The number of nitrogens with one attached hydrogen (secondary N) is 2. The fourth-order valence-corrected chi connectivity index (χ4v) is 3.20. The third kappa shape index (κ3) is 7.96. The van der Waals surface area contributed by atoms with Crippen LogP contribution in [0.4, 0.5) is 0 Å². The summed E-state index contributed by atoms with van der Waals surface area (Å²) < 4.78 is 11.2. The minimum Gasteiger partial charge on any atom is -0.379 e. The maximum absolute atomic E-state index is 12.0. The zero-order valence-electron chi connectivity index (χ0n) is 16.3. The van der Waals surface area contributed by atoms with Crippen molar-refractivity contribution in [2.45, 2.75) is 51.7 Å². The van der Waals surface area contributed by atoms with E-state index in [9.17, 15) is 4.79 Å². The number of likely N-dealkylation sites (tertiary alicyclic amines) is 1. The number of rotatable bonds is 8. The molecule has 0 bridgehead atoms. The summed E-state index contributed by atoms with van der Waals surface area (Å²) in [6.45, 7) is 8.59. The molecule has 2 unspecified atom stereocenters. The van der Waals surface area contributed by atoms with E-state index < -0.39 is 0 Å². The normalized spacial score (nSPS) is 23.2. The van der Waals surface area contributed by atoms with Crippen molar-refractivity contribution in [2.24, 2.45) is 10.9 Å². The summed E-state index contributed by atoms with van der Waals surface area (Å²) in [5.41, 5.74) is 0. The van der Waals surface area contributed by atoms with Crippen molar-refractivity contribution in [2.75, 3.05) is 46.5 Å². The lowest BCUT2D eigenvalue weighted by Gasteiger charge is -2.20. The van der Waals surface area contributed by atoms with Gasteiger partial charge in [0.25, 0.3) is 0 Å². The van der Waals surface area contributed by atoms with E-state index in [4.69, 9.17) is 9.47 Å². The van der Waals surface area contributed by atoms with Crippen LogP contribution in [0, 0.1) is 5.92 Å². The molecule has 7 nitrogen and oxygen atoms in total. The highest BCUT2D eigenvalue weighted by atomic mass is 127. The minimum absolute atomic E-state index is 0. The van der Waals surface area contributed by atoms with Crippen molar-refractivity contribution in [1.29, 1.82) is 0 Å². The van der Waals surface area contributed by atoms with Crippen LogP contribution in [0.2, 0.25) is 0 Å². The van der Waals surface area contributed by atoms with Gasteiger partial charge in [-0.15, -0.1) is 24.0 Å². The van der Waals surface area contributed by atoms with Crippen molar-refractivity contribution < 1.29 is 14.3 Å². The zero-order chi connectivity index (χ0) is 18.1. The Bertz CT molecular complexity index is 442. The fourth-order valence-electron chi connectivity index (χ4n) is 3.20. The standard InChI is InChI=1S/C18H34N4O3.HI/c1-14(2)17(23)22-9-7-15(12-22)21-18(19-3)20-8-5-10-24-13-16-6-4-11-25-16;/h14-16H,4-13H2,1-3H3,(H2,19,20,21);1H. The maximum atomic E-state index is 12.0. The van der Waals surface area contributed by atoms with Crippen molar-refractivity contribution in [3.8, 4) is 0 Å². The van der Waals surface area contributed by atoms with Crippen molar-refractivity contribution in [3.63, 3.8) is 0 Å². The molecule has 2 rings (SSSR count). The molecule has 2 saturated heterocycles. The highest BCUT2D eigenvalue weighted by molar-refractivity contribution is 14.0. The first-order valence-electron chi connectivity index (χ1n) is 9.55. The Labute approximate surface area is 174 Å². The molecule has 2 atom stereocenters. The van der Waals surface area contributed by atoms with Gasteiger partial charge in [0.15, 0.2) is 5.96 Å². The molecule has 152 valence electrons. The van der Waals surface area contributed by atoms with Crippen LogP contribution >= 0.6 is 24.0 Å². The molecule has 0 aromatic heterocycles. The van der Waals surface area contributed by atoms with E-state index in [0.29, 0.717) is 12.7 Å². The Morgan fingerprint density at radius 3 is 2.85 bits per heavy atom. The number of halogens is 1. The van der Waals surface area contributed by atoms with Gasteiger partial charge in [-0.1, -0.05) is 13.8 Å². The van der Waals surface area contributed by atoms with Crippen LogP contribution in [0.5, 0.6) is 0 Å². The molecule has 8 heteroatoms. The Morgan fingerprint density at radius 1 is 1.38 bits per heavy atom. The van der Waals surface area contributed by atoms with Crippen molar-refractivity contribution in [1.82, 2.24) is 15.5 Å². The van der Waals surface area contributed by atoms with Gasteiger partial charge >= 0.3 is 0 Å². The van der Waals surface area contributed by atoms with Crippen LogP contribution in [0.15, 0.2) is 4.99 Å². The quantitative estimate of drug-likeness (QED) is 0.238. The monoisotopic (exact) mass is 482 g/mol. The number of hydrogen-bond acceptors (Lipinski definition) is 4. The lowest BCUT2D eigenvalue weighted by Crippen LogP contribution is -2.45. The molecule has 0 spiro atoms. The highest BCUT2D eigenvalue weighted by Crippen LogP contribution is 2.13. The van der Waals surface area contributed by atoms with Crippen LogP contribution in [0.1, 0.15) is 39.5 Å². The molecular weight excluding hydrogens is 447 g/mol. The summed E-state index contributed by atoms with van der Waals surface area (Å²) in [5.74, 6) is 1.09. The largest absolute Gasteiger partial charge is 0.379 e. The topological polar surface area (TPSA) is 75.2 Å². The Morgan fingerprint density at radius 2 is 2.19 bits per heavy atom. The molecular formula is C18H35IN4O3. The number of ether oxygens (including phenoxy) is 2. The van der Waals surface area contributed by atoms with Crippen LogP contribution in [-0.4, -0.2) is 75.4 Å². The lowest BCUT2D eigenvalue weighted by molar-refractivity contribution is -0.133. The van der Waals surface area contributed by atoms with Gasteiger partial charge in [0.05, 0.1) is 12.7 Å². The number of carbonyl (C=O) groups is 1. The van der Waals surface area contributed by atoms with Gasteiger partial charge in [-0.3, -0.25) is 9.79 Å². The summed E-state index contributed by atoms with van der Waals surface area (Å²) in [5, 5.41) is 6.73. The smallest absolute Gasteiger partial charge is 0.225 e. The van der Waals surface area contributed by atoms with Crippen LogP contribution in [0.25, 0.3) is 0 Å². The van der Waals surface area contributed by atoms with Gasteiger partial charge in [0, 0.05) is 51.9 Å². The average molecular weight is 482 g/mol. The Balaban J connectivity index is 0.00000338. The summed E-state index contributed by atoms with van der Waals surface area (Å²) >= 11 is 0. The third-order valence-corrected chi connectivity index (χ3v) is 4.64. The fraction of sp³-hybridized carbons (Fsp3) is 0.889. The predicted molar refractivity (Wildman–Crippen MR) is 114 cm³/mol. The molecule has 2 aliphatic heterocycles. The number of carbonyl (C=O) groups excluding carboxylic acids is 1. The highest BCUT2D eigenvalue weighted by Gasteiger charge is 2.27. The Hall–Kier alpha value is -0.610. The van der Waals surface area contributed by atoms with E-state index in [2.05, 4.69) is 15.6 Å². The van der Waals surface area contributed by atoms with E-state index in [0.717, 1.165) is 64.5 Å². The predicted octanol–water partition coefficient (Wildman–Crippen LogP) is 1.61. The van der Waals surface area contributed by atoms with Gasteiger partial charge in [-0.05, 0) is 25.7 Å². The molecule has 0 saturated carbocycles. The van der Waals surface area contributed by atoms with Gasteiger partial charge in [-0.2, -0.15) is 0 Å². The number of aliphatic imine (C=N–C) groups is 1. The van der Waals surface area contributed by atoms with Crippen molar-refractivity contribution in [3.05, 3.63) is 0 Å². The first-order chi connectivity index (χ1) is 12.1. The average Bonchev–Trinajstić information content (AvgIpc) is 3.27.